The average Bonchev–Trinajstić information content (AvgIpc) is 3.78. The zero-order valence-electron chi connectivity index (χ0n) is 27.1. The molecule has 2 aromatic carbocycles. The zero-order valence-corrected chi connectivity index (χ0v) is 27.9. The standard InChI is InChI=1S/C33H45N3O10S/c1-22(37)34-14-7-13-33(2,3)20-36(47(40,41)24-10-11-28-29(17-24)45-21-44-28)18-27(38)26(16-23-8-5-4-6-9-23)35-32(39)46-30-19-43-31-25(30)12-15-42-31/h4-6,8-11,17,25-27,30-31,38H,7,12-16,18-21H2,1-3H3,(H,34,37)(H,35,39)/t25-,26-,27+,30-,31+/m0/s1. The van der Waals surface area contributed by atoms with Gasteiger partial charge in [0.1, 0.15) is 6.10 Å². The molecule has 2 saturated heterocycles. The number of aliphatic hydroxyl groups is 1. The molecule has 3 aliphatic rings. The van der Waals surface area contributed by atoms with Crippen LogP contribution in [0.15, 0.2) is 53.4 Å². The molecule has 5 atom stereocenters. The summed E-state index contributed by atoms with van der Waals surface area (Å²) >= 11 is 0. The van der Waals surface area contributed by atoms with E-state index < -0.39 is 46.1 Å². The van der Waals surface area contributed by atoms with Gasteiger partial charge in [-0.3, -0.25) is 4.79 Å². The van der Waals surface area contributed by atoms with E-state index in [0.29, 0.717) is 43.9 Å². The van der Waals surface area contributed by atoms with Crippen LogP contribution in [0, 0.1) is 11.3 Å². The van der Waals surface area contributed by atoms with E-state index in [1.54, 1.807) is 6.07 Å². The highest BCUT2D eigenvalue weighted by atomic mass is 32.2. The summed E-state index contributed by atoms with van der Waals surface area (Å²) in [6.45, 7) is 6.28. The van der Waals surface area contributed by atoms with Crippen LogP contribution in [0.5, 0.6) is 11.5 Å². The van der Waals surface area contributed by atoms with Crippen LogP contribution in [0.2, 0.25) is 0 Å². The Bertz CT molecular complexity index is 1490. The lowest BCUT2D eigenvalue weighted by Gasteiger charge is -2.35. The highest BCUT2D eigenvalue weighted by molar-refractivity contribution is 7.89. The molecule has 2 fully saturated rings. The van der Waals surface area contributed by atoms with E-state index >= 15 is 0 Å². The number of alkyl carbamates (subject to hydrolysis) is 1. The summed E-state index contributed by atoms with van der Waals surface area (Å²) in [5.41, 5.74) is 0.305. The van der Waals surface area contributed by atoms with Gasteiger partial charge in [0.15, 0.2) is 17.8 Å². The van der Waals surface area contributed by atoms with Gasteiger partial charge >= 0.3 is 6.09 Å². The number of ether oxygens (including phenoxy) is 5. The van der Waals surface area contributed by atoms with Crippen molar-refractivity contribution in [1.82, 2.24) is 14.9 Å². The Morgan fingerprint density at radius 2 is 1.87 bits per heavy atom. The molecule has 2 aromatic rings. The molecule has 2 amide bonds. The Kier molecular flexibility index (Phi) is 11.3. The molecule has 0 saturated carbocycles. The first-order chi connectivity index (χ1) is 22.4. The molecule has 0 radical (unpaired) electrons. The van der Waals surface area contributed by atoms with E-state index in [1.807, 2.05) is 44.2 Å². The normalized spacial score (nSPS) is 21.7. The van der Waals surface area contributed by atoms with Crippen molar-refractivity contribution in [3.63, 3.8) is 0 Å². The van der Waals surface area contributed by atoms with Gasteiger partial charge in [0.2, 0.25) is 22.7 Å². The quantitative estimate of drug-likeness (QED) is 0.240. The van der Waals surface area contributed by atoms with Crippen molar-refractivity contribution in [2.75, 3.05) is 39.6 Å². The number of carbonyl (C=O) groups is 2. The summed E-state index contributed by atoms with van der Waals surface area (Å²) < 4.78 is 57.4. The predicted octanol–water partition coefficient (Wildman–Crippen LogP) is 2.81. The molecule has 5 rings (SSSR count). The Hall–Kier alpha value is -3.43. The van der Waals surface area contributed by atoms with Crippen LogP contribution in [-0.4, -0.2) is 94.0 Å². The van der Waals surface area contributed by atoms with Gasteiger partial charge in [-0.1, -0.05) is 44.2 Å². The minimum Gasteiger partial charge on any atom is -0.454 e. The van der Waals surface area contributed by atoms with E-state index in [1.165, 1.54) is 23.4 Å². The van der Waals surface area contributed by atoms with Gasteiger partial charge in [-0.15, -0.1) is 0 Å². The number of amides is 2. The van der Waals surface area contributed by atoms with Crippen LogP contribution in [0.1, 0.15) is 45.6 Å². The van der Waals surface area contributed by atoms with Crippen LogP contribution >= 0.6 is 0 Å². The molecule has 47 heavy (non-hydrogen) atoms. The summed E-state index contributed by atoms with van der Waals surface area (Å²) in [5, 5.41) is 17.3. The number of fused-ring (bicyclic) bond motifs is 2. The van der Waals surface area contributed by atoms with Crippen molar-refractivity contribution in [3.05, 3.63) is 54.1 Å². The number of benzene rings is 2. The lowest BCUT2D eigenvalue weighted by molar-refractivity contribution is -0.119. The fourth-order valence-electron chi connectivity index (χ4n) is 6.18. The monoisotopic (exact) mass is 675 g/mol. The first-order valence-electron chi connectivity index (χ1n) is 16.0. The molecule has 258 valence electrons. The topological polar surface area (TPSA) is 162 Å². The van der Waals surface area contributed by atoms with E-state index in [4.69, 9.17) is 23.7 Å². The maximum Gasteiger partial charge on any atom is 0.407 e. The van der Waals surface area contributed by atoms with Gasteiger partial charge in [-0.2, -0.15) is 4.31 Å². The first kappa shape index (κ1) is 34.9. The SMILES string of the molecule is CC(=O)NCCCC(C)(C)CN(C[C@@H](O)[C@H](Cc1ccccc1)NC(=O)O[C@H]1CO[C@H]2OCC[C@H]21)S(=O)(=O)c1ccc2c(c1)OCO2. The molecule has 3 N–H and O–H groups in total. The summed E-state index contributed by atoms with van der Waals surface area (Å²) in [5.74, 6) is 0.569. The highest BCUT2D eigenvalue weighted by Crippen LogP contribution is 2.36. The zero-order chi connectivity index (χ0) is 33.6. The lowest BCUT2D eigenvalue weighted by Crippen LogP contribution is -2.52. The molecule has 0 unspecified atom stereocenters. The number of carbonyl (C=O) groups excluding carboxylic acids is 2. The van der Waals surface area contributed by atoms with Crippen molar-refractivity contribution in [2.24, 2.45) is 11.3 Å². The van der Waals surface area contributed by atoms with Crippen molar-refractivity contribution in [1.29, 1.82) is 0 Å². The van der Waals surface area contributed by atoms with Gasteiger partial charge in [-0.25, -0.2) is 13.2 Å². The van der Waals surface area contributed by atoms with Crippen LogP contribution < -0.4 is 20.1 Å². The Balaban J connectivity index is 1.36. The molecule has 3 heterocycles. The number of hydrogen-bond acceptors (Lipinski definition) is 10. The maximum atomic E-state index is 14.2. The average molecular weight is 676 g/mol. The summed E-state index contributed by atoms with van der Waals surface area (Å²) in [4.78, 5) is 24.5. The molecule has 0 aliphatic carbocycles. The van der Waals surface area contributed by atoms with E-state index in [2.05, 4.69) is 10.6 Å². The first-order valence-corrected chi connectivity index (χ1v) is 17.4. The Morgan fingerprint density at radius 3 is 2.64 bits per heavy atom. The predicted molar refractivity (Wildman–Crippen MR) is 170 cm³/mol. The van der Waals surface area contributed by atoms with Gasteiger partial charge < -0.3 is 39.4 Å². The number of rotatable bonds is 15. The number of aliphatic hydroxyl groups excluding tert-OH is 1. The highest BCUT2D eigenvalue weighted by Gasteiger charge is 2.44. The second-order valence-electron chi connectivity index (χ2n) is 13.0. The summed E-state index contributed by atoms with van der Waals surface area (Å²) in [7, 11) is -4.16. The third-order valence-corrected chi connectivity index (χ3v) is 10.5. The van der Waals surface area contributed by atoms with Gasteiger partial charge in [0, 0.05) is 32.6 Å². The molecule has 13 nitrogen and oxygen atoms in total. The van der Waals surface area contributed by atoms with Gasteiger partial charge in [-0.05, 0) is 48.8 Å². The number of nitrogens with one attached hydrogen (secondary N) is 2. The van der Waals surface area contributed by atoms with Crippen molar-refractivity contribution in [2.45, 2.75) is 75.9 Å². The number of hydrogen-bond donors (Lipinski definition) is 3. The molecule has 0 aromatic heterocycles. The van der Waals surface area contributed by atoms with Crippen molar-refractivity contribution in [3.8, 4) is 11.5 Å². The van der Waals surface area contributed by atoms with Crippen molar-refractivity contribution < 1.29 is 46.8 Å². The van der Waals surface area contributed by atoms with Gasteiger partial charge in [0.05, 0.1) is 36.2 Å². The molecular formula is C33H45N3O10S. The third kappa shape index (κ3) is 9.14. The summed E-state index contributed by atoms with van der Waals surface area (Å²) in [6.07, 6.45) is -0.747. The van der Waals surface area contributed by atoms with Crippen molar-refractivity contribution >= 4 is 22.0 Å². The smallest absolute Gasteiger partial charge is 0.407 e. The van der Waals surface area contributed by atoms with E-state index in [-0.39, 0.29) is 49.6 Å². The molecule has 0 spiro atoms. The minimum atomic E-state index is -4.16. The maximum absolute atomic E-state index is 14.2. The molecule has 3 aliphatic heterocycles. The van der Waals surface area contributed by atoms with E-state index in [0.717, 1.165) is 5.56 Å². The summed E-state index contributed by atoms with van der Waals surface area (Å²) in [6, 6.07) is 12.8. The largest absolute Gasteiger partial charge is 0.454 e. The van der Waals surface area contributed by atoms with Crippen LogP contribution in [0.25, 0.3) is 0 Å². The second-order valence-corrected chi connectivity index (χ2v) is 15.0. The fourth-order valence-corrected chi connectivity index (χ4v) is 7.84. The van der Waals surface area contributed by atoms with Crippen LogP contribution in [0.4, 0.5) is 4.79 Å². The lowest BCUT2D eigenvalue weighted by atomic mass is 9.87. The molecule has 0 bridgehead atoms. The fraction of sp³-hybridized carbons (Fsp3) is 0.576. The Morgan fingerprint density at radius 1 is 1.11 bits per heavy atom. The van der Waals surface area contributed by atoms with Gasteiger partial charge in [0.25, 0.3) is 0 Å². The third-order valence-electron chi connectivity index (χ3n) is 8.69. The second kappa shape index (κ2) is 15.2. The van der Waals surface area contributed by atoms with Crippen LogP contribution in [0.3, 0.4) is 0 Å². The Labute approximate surface area is 275 Å². The minimum absolute atomic E-state index is 0.00701. The molecular weight excluding hydrogens is 630 g/mol. The number of sulfonamides is 1. The van der Waals surface area contributed by atoms with Crippen LogP contribution in [-0.2, 0) is 35.4 Å². The number of nitrogens with zero attached hydrogens (tertiary/aromatic N) is 1. The van der Waals surface area contributed by atoms with E-state index in [9.17, 15) is 23.1 Å². The molecule has 14 heteroatoms.